The molecule has 0 atom stereocenters. The van der Waals surface area contributed by atoms with Crippen molar-refractivity contribution >= 4 is 32.5 Å². The lowest BCUT2D eigenvalue weighted by Gasteiger charge is -2.10. The van der Waals surface area contributed by atoms with Crippen LogP contribution in [0.4, 0.5) is 0 Å². The van der Waals surface area contributed by atoms with Crippen LogP contribution in [0.2, 0.25) is 0 Å². The third-order valence-corrected chi connectivity index (χ3v) is 3.73. The van der Waals surface area contributed by atoms with E-state index in [9.17, 15) is 0 Å². The highest BCUT2D eigenvalue weighted by atomic mass is 79.9. The summed E-state index contributed by atoms with van der Waals surface area (Å²) in [5.41, 5.74) is 5.94. The van der Waals surface area contributed by atoms with E-state index >= 15 is 0 Å². The van der Waals surface area contributed by atoms with Gasteiger partial charge in [-0.25, -0.2) is 4.98 Å². The first-order chi connectivity index (χ1) is 8.70. The third kappa shape index (κ3) is 1.74. The molecule has 0 aliphatic carbocycles. The van der Waals surface area contributed by atoms with Crippen molar-refractivity contribution in [2.24, 2.45) is 0 Å². The maximum atomic E-state index is 4.84. The summed E-state index contributed by atoms with van der Waals surface area (Å²) in [5, 5.41) is 0. The van der Waals surface area contributed by atoms with Crippen LogP contribution in [0.1, 0.15) is 24.6 Å². The molecule has 0 unspecified atom stereocenters. The number of aromatic nitrogens is 2. The quantitative estimate of drug-likeness (QED) is 0.681. The Labute approximate surface area is 115 Å². The molecule has 0 N–H and O–H groups in total. The molecule has 0 radical (unpaired) electrons. The lowest BCUT2D eigenvalue weighted by molar-refractivity contribution is 0.890. The normalized spacial score (nSPS) is 11.5. The molecule has 18 heavy (non-hydrogen) atoms. The summed E-state index contributed by atoms with van der Waals surface area (Å²) < 4.78 is 3.35. The second-order valence-corrected chi connectivity index (χ2v) is 5.58. The van der Waals surface area contributed by atoms with Gasteiger partial charge in [-0.3, -0.25) is 0 Å². The van der Waals surface area contributed by atoms with Gasteiger partial charge >= 0.3 is 0 Å². The van der Waals surface area contributed by atoms with E-state index in [1.807, 2.05) is 0 Å². The van der Waals surface area contributed by atoms with Gasteiger partial charge in [0.15, 0.2) is 0 Å². The number of fused-ring (bicyclic) bond motifs is 3. The van der Waals surface area contributed by atoms with Crippen molar-refractivity contribution < 1.29 is 0 Å². The molecule has 2 nitrogen and oxygen atoms in total. The molecule has 0 saturated heterocycles. The molecule has 3 aromatic rings. The van der Waals surface area contributed by atoms with Crippen molar-refractivity contribution in [2.45, 2.75) is 26.7 Å². The minimum absolute atomic E-state index is 1.02. The van der Waals surface area contributed by atoms with E-state index in [2.05, 4.69) is 64.6 Å². The molecular weight excluding hydrogens is 288 g/mol. The van der Waals surface area contributed by atoms with Crippen molar-refractivity contribution in [2.75, 3.05) is 0 Å². The molecule has 0 saturated carbocycles. The van der Waals surface area contributed by atoms with E-state index in [-0.39, 0.29) is 0 Å². The Morgan fingerprint density at radius 3 is 2.94 bits per heavy atom. The maximum Gasteiger partial charge on any atom is 0.0888 e. The van der Waals surface area contributed by atoms with E-state index in [4.69, 9.17) is 4.98 Å². The van der Waals surface area contributed by atoms with Crippen molar-refractivity contribution in [3.63, 3.8) is 0 Å². The molecule has 1 aromatic carbocycles. The molecule has 0 spiro atoms. The Morgan fingerprint density at radius 2 is 2.17 bits per heavy atom. The van der Waals surface area contributed by atoms with Crippen molar-refractivity contribution in [1.29, 1.82) is 0 Å². The van der Waals surface area contributed by atoms with Crippen molar-refractivity contribution in [1.82, 2.24) is 9.38 Å². The topological polar surface area (TPSA) is 17.3 Å². The molecule has 0 aliphatic heterocycles. The second-order valence-electron chi connectivity index (χ2n) is 4.66. The van der Waals surface area contributed by atoms with Crippen LogP contribution in [0.3, 0.4) is 0 Å². The third-order valence-electron chi connectivity index (χ3n) is 3.27. The fourth-order valence-corrected chi connectivity index (χ4v) is 3.11. The molecule has 92 valence electrons. The van der Waals surface area contributed by atoms with Crippen LogP contribution >= 0.6 is 15.9 Å². The first-order valence-electron chi connectivity index (χ1n) is 6.26. The van der Waals surface area contributed by atoms with Gasteiger partial charge in [0.05, 0.1) is 22.2 Å². The van der Waals surface area contributed by atoms with Gasteiger partial charge in [0.2, 0.25) is 0 Å². The largest absolute Gasteiger partial charge is 0.313 e. The van der Waals surface area contributed by atoms with Crippen LogP contribution in [0, 0.1) is 6.92 Å². The van der Waals surface area contributed by atoms with Gasteiger partial charge in [-0.05, 0) is 43.2 Å². The van der Waals surface area contributed by atoms with E-state index in [1.165, 1.54) is 22.3 Å². The Morgan fingerprint density at radius 1 is 1.33 bits per heavy atom. The lowest BCUT2D eigenvalue weighted by atomic mass is 10.1. The zero-order valence-electron chi connectivity index (χ0n) is 10.6. The van der Waals surface area contributed by atoms with Crippen molar-refractivity contribution in [3.8, 4) is 0 Å². The number of benzene rings is 1. The summed E-state index contributed by atoms with van der Waals surface area (Å²) in [5.74, 6) is 0. The Kier molecular flexibility index (Phi) is 2.86. The highest BCUT2D eigenvalue weighted by Crippen LogP contribution is 2.26. The fraction of sp³-hybridized carbons (Fsp3) is 0.267. The highest BCUT2D eigenvalue weighted by Gasteiger charge is 2.09. The molecule has 3 heteroatoms. The summed E-state index contributed by atoms with van der Waals surface area (Å²) in [7, 11) is 0. The Balaban J connectivity index is 2.47. The highest BCUT2D eigenvalue weighted by molar-refractivity contribution is 9.10. The van der Waals surface area contributed by atoms with Crippen LogP contribution in [0.25, 0.3) is 16.6 Å². The van der Waals surface area contributed by atoms with Gasteiger partial charge in [-0.1, -0.05) is 29.3 Å². The van der Waals surface area contributed by atoms with Crippen LogP contribution in [0.15, 0.2) is 34.9 Å². The number of hydrogen-bond donors (Lipinski definition) is 0. The zero-order chi connectivity index (χ0) is 12.7. The molecule has 0 aliphatic rings. The number of hydrogen-bond acceptors (Lipinski definition) is 1. The average Bonchev–Trinajstić information content (AvgIpc) is 2.77. The summed E-state index contributed by atoms with van der Waals surface area (Å²) in [6.07, 6.45) is 4.26. The van der Waals surface area contributed by atoms with Crippen LogP contribution in [0.5, 0.6) is 0 Å². The van der Waals surface area contributed by atoms with E-state index < -0.39 is 0 Å². The standard InChI is InChI=1S/C15H15BrN2/c1-3-5-12-14-6-4-7-18(14)15-10(2)8-11(16)9-13(15)17-12/h4,6-9H,3,5H2,1-2H3. The van der Waals surface area contributed by atoms with Crippen LogP contribution in [-0.4, -0.2) is 9.38 Å². The van der Waals surface area contributed by atoms with E-state index in [0.717, 1.165) is 22.8 Å². The summed E-state index contributed by atoms with van der Waals surface area (Å²) in [4.78, 5) is 4.84. The van der Waals surface area contributed by atoms with Gasteiger partial charge in [0, 0.05) is 10.7 Å². The van der Waals surface area contributed by atoms with Gasteiger partial charge in [0.1, 0.15) is 0 Å². The van der Waals surface area contributed by atoms with Gasteiger partial charge in [-0.2, -0.15) is 0 Å². The fourth-order valence-electron chi connectivity index (χ4n) is 2.55. The molecular formula is C15H15BrN2. The van der Waals surface area contributed by atoms with Crippen LogP contribution in [-0.2, 0) is 6.42 Å². The smallest absolute Gasteiger partial charge is 0.0888 e. The first kappa shape index (κ1) is 11.7. The second kappa shape index (κ2) is 4.39. The Hall–Kier alpha value is -1.35. The van der Waals surface area contributed by atoms with Gasteiger partial charge in [0.25, 0.3) is 0 Å². The molecule has 2 aromatic heterocycles. The van der Waals surface area contributed by atoms with E-state index in [1.54, 1.807) is 0 Å². The minimum Gasteiger partial charge on any atom is -0.313 e. The van der Waals surface area contributed by atoms with E-state index in [0.29, 0.717) is 0 Å². The predicted molar refractivity (Wildman–Crippen MR) is 79.1 cm³/mol. The Bertz CT molecular complexity index is 728. The van der Waals surface area contributed by atoms with Crippen LogP contribution < -0.4 is 0 Å². The SMILES string of the molecule is CCCc1nc2cc(Br)cc(C)c2n2cccc12. The lowest BCUT2D eigenvalue weighted by Crippen LogP contribution is -1.99. The summed E-state index contributed by atoms with van der Waals surface area (Å²) in [6.45, 7) is 4.32. The number of halogens is 1. The molecule has 0 amide bonds. The van der Waals surface area contributed by atoms with Gasteiger partial charge in [-0.15, -0.1) is 0 Å². The zero-order valence-corrected chi connectivity index (χ0v) is 12.2. The number of rotatable bonds is 2. The predicted octanol–water partition coefficient (Wildman–Crippen LogP) is 4.51. The maximum absolute atomic E-state index is 4.84. The molecule has 0 fully saturated rings. The van der Waals surface area contributed by atoms with Crippen molar-refractivity contribution in [3.05, 3.63) is 46.2 Å². The van der Waals surface area contributed by atoms with Gasteiger partial charge < -0.3 is 4.40 Å². The monoisotopic (exact) mass is 302 g/mol. The number of nitrogens with zero attached hydrogens (tertiary/aromatic N) is 2. The average molecular weight is 303 g/mol. The summed E-state index contributed by atoms with van der Waals surface area (Å²) in [6, 6.07) is 8.49. The number of aryl methyl sites for hydroxylation is 2. The molecule has 2 heterocycles. The first-order valence-corrected chi connectivity index (χ1v) is 7.06. The summed E-state index contributed by atoms with van der Waals surface area (Å²) >= 11 is 3.55. The molecule has 3 rings (SSSR count). The minimum atomic E-state index is 1.02. The molecule has 0 bridgehead atoms.